The molecule has 0 atom stereocenters. The summed E-state index contributed by atoms with van der Waals surface area (Å²) in [4.78, 5) is 16.0. The summed E-state index contributed by atoms with van der Waals surface area (Å²) in [5.41, 5.74) is 0. The van der Waals surface area contributed by atoms with Crippen molar-refractivity contribution in [2.45, 2.75) is 43.9 Å². The lowest BCUT2D eigenvalue weighted by atomic mass is 10.1. The molecule has 8 heteroatoms. The van der Waals surface area contributed by atoms with E-state index in [2.05, 4.69) is 44.9 Å². The molecule has 6 nitrogen and oxygen atoms in total. The van der Waals surface area contributed by atoms with E-state index >= 15 is 0 Å². The van der Waals surface area contributed by atoms with Crippen molar-refractivity contribution in [3.63, 3.8) is 0 Å². The largest absolute Gasteiger partial charge is 0.353 e. The Kier molecular flexibility index (Phi) is 6.89. The van der Waals surface area contributed by atoms with Gasteiger partial charge in [0, 0.05) is 30.6 Å². The number of carbonyl (C=O) groups excluding carboxylic acids is 1. The molecular weight excluding hydrogens is 354 g/mol. The molecule has 0 bridgehead atoms. The van der Waals surface area contributed by atoms with Crippen LogP contribution in [-0.2, 0) is 17.8 Å². The highest BCUT2D eigenvalue weighted by atomic mass is 32.2. The van der Waals surface area contributed by atoms with Crippen LogP contribution in [0.3, 0.4) is 0 Å². The third-order valence-electron chi connectivity index (χ3n) is 4.49. The Hall–Kier alpha value is -1.38. The number of amides is 1. The molecule has 1 N–H and O–H groups in total. The zero-order valence-electron chi connectivity index (χ0n) is 14.6. The summed E-state index contributed by atoms with van der Waals surface area (Å²) in [7, 11) is 0. The van der Waals surface area contributed by atoms with Crippen molar-refractivity contribution >= 4 is 29.0 Å². The normalized spacial score (nSPS) is 16.2. The van der Waals surface area contributed by atoms with Crippen LogP contribution >= 0.6 is 23.1 Å². The number of hydrogen-bond acceptors (Lipinski definition) is 6. The minimum Gasteiger partial charge on any atom is -0.353 e. The minimum absolute atomic E-state index is 0.0905. The van der Waals surface area contributed by atoms with E-state index in [4.69, 9.17) is 0 Å². The minimum atomic E-state index is 0.0905. The summed E-state index contributed by atoms with van der Waals surface area (Å²) in [6, 6.07) is 4.52. The number of nitrogens with one attached hydrogen (secondary N) is 1. The van der Waals surface area contributed by atoms with Gasteiger partial charge in [0.2, 0.25) is 5.91 Å². The maximum Gasteiger partial charge on any atom is 0.230 e. The predicted octanol–water partition coefficient (Wildman–Crippen LogP) is 2.27. The van der Waals surface area contributed by atoms with Gasteiger partial charge in [0.1, 0.15) is 6.33 Å². The summed E-state index contributed by atoms with van der Waals surface area (Å²) in [5, 5.41) is 14.2. The Morgan fingerprint density at radius 1 is 1.44 bits per heavy atom. The standard InChI is InChI=1S/C17H25N5OS2/c1-2-21-8-5-14(6-9-21)19-16(23)12-25-17-20-18-13-22(17)10-7-15-4-3-11-24-15/h3-4,11,13-14H,2,5-10,12H2,1H3,(H,19,23). The van der Waals surface area contributed by atoms with Crippen molar-refractivity contribution in [2.24, 2.45) is 0 Å². The van der Waals surface area contributed by atoms with Crippen LogP contribution in [0, 0.1) is 0 Å². The first-order valence-electron chi connectivity index (χ1n) is 8.79. The Labute approximate surface area is 157 Å². The van der Waals surface area contributed by atoms with E-state index in [0.717, 1.165) is 50.6 Å². The predicted molar refractivity (Wildman–Crippen MR) is 102 cm³/mol. The van der Waals surface area contributed by atoms with Crippen molar-refractivity contribution in [1.82, 2.24) is 25.0 Å². The van der Waals surface area contributed by atoms with Gasteiger partial charge in [-0.3, -0.25) is 4.79 Å². The lowest BCUT2D eigenvalue weighted by Crippen LogP contribution is -2.45. The number of nitrogens with zero attached hydrogens (tertiary/aromatic N) is 4. The van der Waals surface area contributed by atoms with Crippen LogP contribution in [0.1, 0.15) is 24.6 Å². The summed E-state index contributed by atoms with van der Waals surface area (Å²) in [6.45, 7) is 6.27. The van der Waals surface area contributed by atoms with Crippen LogP contribution in [0.15, 0.2) is 29.0 Å². The molecule has 2 aromatic heterocycles. The second kappa shape index (κ2) is 9.35. The van der Waals surface area contributed by atoms with Crippen molar-refractivity contribution in [3.8, 4) is 0 Å². The van der Waals surface area contributed by atoms with Crippen LogP contribution in [0.5, 0.6) is 0 Å². The molecule has 1 aliphatic rings. The summed E-state index contributed by atoms with van der Waals surface area (Å²) in [5.74, 6) is 0.485. The van der Waals surface area contributed by atoms with Gasteiger partial charge in [-0.1, -0.05) is 24.8 Å². The molecule has 3 rings (SSSR count). The van der Waals surface area contributed by atoms with E-state index in [-0.39, 0.29) is 5.91 Å². The van der Waals surface area contributed by atoms with Crippen LogP contribution in [-0.4, -0.2) is 57.0 Å². The number of piperidine rings is 1. The van der Waals surface area contributed by atoms with Crippen molar-refractivity contribution in [1.29, 1.82) is 0 Å². The van der Waals surface area contributed by atoms with E-state index < -0.39 is 0 Å². The van der Waals surface area contributed by atoms with E-state index in [9.17, 15) is 4.79 Å². The fraction of sp³-hybridized carbons (Fsp3) is 0.588. The highest BCUT2D eigenvalue weighted by Gasteiger charge is 2.20. The molecule has 1 aliphatic heterocycles. The quantitative estimate of drug-likeness (QED) is 0.713. The fourth-order valence-electron chi connectivity index (χ4n) is 2.99. The third-order valence-corrected chi connectivity index (χ3v) is 6.41. The third kappa shape index (κ3) is 5.55. The number of hydrogen-bond donors (Lipinski definition) is 1. The number of rotatable bonds is 8. The second-order valence-corrected chi connectivity index (χ2v) is 8.18. The SMILES string of the molecule is CCN1CCC(NC(=O)CSc2nncn2CCc2cccs2)CC1. The van der Waals surface area contributed by atoms with E-state index in [1.54, 1.807) is 17.7 Å². The van der Waals surface area contributed by atoms with Gasteiger partial charge in [-0.2, -0.15) is 0 Å². The zero-order chi connectivity index (χ0) is 17.5. The van der Waals surface area contributed by atoms with Gasteiger partial charge in [0.25, 0.3) is 0 Å². The van der Waals surface area contributed by atoms with Crippen molar-refractivity contribution in [3.05, 3.63) is 28.7 Å². The zero-order valence-corrected chi connectivity index (χ0v) is 16.2. The monoisotopic (exact) mass is 379 g/mol. The molecule has 2 aromatic rings. The first-order valence-corrected chi connectivity index (χ1v) is 10.7. The first kappa shape index (κ1) is 18.4. The molecule has 0 radical (unpaired) electrons. The number of thioether (sulfide) groups is 1. The van der Waals surface area contributed by atoms with E-state index in [1.807, 2.05) is 4.57 Å². The fourth-order valence-corrected chi connectivity index (χ4v) is 4.44. The molecule has 3 heterocycles. The summed E-state index contributed by atoms with van der Waals surface area (Å²) in [6.07, 6.45) is 4.79. The van der Waals surface area contributed by atoms with Gasteiger partial charge >= 0.3 is 0 Å². The van der Waals surface area contributed by atoms with Crippen LogP contribution in [0.4, 0.5) is 0 Å². The molecule has 0 aromatic carbocycles. The molecule has 0 saturated carbocycles. The molecule has 136 valence electrons. The number of carbonyl (C=O) groups is 1. The van der Waals surface area contributed by atoms with E-state index in [0.29, 0.717) is 11.8 Å². The lowest BCUT2D eigenvalue weighted by Gasteiger charge is -2.31. The average Bonchev–Trinajstić information content (AvgIpc) is 3.30. The van der Waals surface area contributed by atoms with Gasteiger partial charge in [0.05, 0.1) is 5.75 Å². The highest BCUT2D eigenvalue weighted by molar-refractivity contribution is 7.99. The molecule has 1 fully saturated rings. The molecule has 0 unspecified atom stereocenters. The van der Waals surface area contributed by atoms with Gasteiger partial charge in [0.15, 0.2) is 5.16 Å². The van der Waals surface area contributed by atoms with Crippen LogP contribution < -0.4 is 5.32 Å². The van der Waals surface area contributed by atoms with Crippen molar-refractivity contribution < 1.29 is 4.79 Å². The molecule has 1 saturated heterocycles. The smallest absolute Gasteiger partial charge is 0.230 e. The van der Waals surface area contributed by atoms with Gasteiger partial charge in [-0.25, -0.2) is 0 Å². The topological polar surface area (TPSA) is 63.1 Å². The lowest BCUT2D eigenvalue weighted by molar-refractivity contribution is -0.119. The second-order valence-electron chi connectivity index (χ2n) is 6.20. The Bertz CT molecular complexity index is 650. The first-order chi connectivity index (χ1) is 12.2. The van der Waals surface area contributed by atoms with Crippen molar-refractivity contribution in [2.75, 3.05) is 25.4 Å². The number of aryl methyl sites for hydroxylation is 2. The molecular formula is C17H25N5OS2. The summed E-state index contributed by atoms with van der Waals surface area (Å²) < 4.78 is 2.03. The Balaban J connectivity index is 1.41. The number of likely N-dealkylation sites (tertiary alicyclic amines) is 1. The van der Waals surface area contributed by atoms with Gasteiger partial charge in [-0.05, 0) is 37.3 Å². The highest BCUT2D eigenvalue weighted by Crippen LogP contribution is 2.17. The molecule has 25 heavy (non-hydrogen) atoms. The molecule has 0 spiro atoms. The summed E-state index contributed by atoms with van der Waals surface area (Å²) >= 11 is 3.22. The van der Waals surface area contributed by atoms with E-state index in [1.165, 1.54) is 16.6 Å². The Morgan fingerprint density at radius 3 is 3.00 bits per heavy atom. The maximum atomic E-state index is 12.2. The molecule has 1 amide bonds. The van der Waals surface area contributed by atoms with Crippen LogP contribution in [0.25, 0.3) is 0 Å². The number of thiophene rings is 1. The van der Waals surface area contributed by atoms with Gasteiger partial charge < -0.3 is 14.8 Å². The Morgan fingerprint density at radius 2 is 2.28 bits per heavy atom. The maximum absolute atomic E-state index is 12.2. The number of aromatic nitrogens is 3. The van der Waals surface area contributed by atoms with Gasteiger partial charge in [-0.15, -0.1) is 21.5 Å². The van der Waals surface area contributed by atoms with Crippen LogP contribution in [0.2, 0.25) is 0 Å². The molecule has 0 aliphatic carbocycles. The average molecular weight is 380 g/mol.